The van der Waals surface area contributed by atoms with Crippen molar-refractivity contribution in [2.24, 2.45) is 23.2 Å². The fourth-order valence-corrected chi connectivity index (χ4v) is 3.93. The van der Waals surface area contributed by atoms with Crippen molar-refractivity contribution in [2.45, 2.75) is 84.0 Å². The monoisotopic (exact) mass is 308 g/mol. The second-order valence-electron chi connectivity index (χ2n) is 8.14. The van der Waals surface area contributed by atoms with E-state index in [2.05, 4.69) is 0 Å². The van der Waals surface area contributed by atoms with Gasteiger partial charge in [-0.2, -0.15) is 17.6 Å². The predicted molar refractivity (Wildman–Crippen MR) is 76.8 cm³/mol. The Morgan fingerprint density at radius 1 is 0.714 bits per heavy atom. The highest BCUT2D eigenvalue weighted by Crippen LogP contribution is 2.54. The minimum Gasteiger partial charge on any atom is -0.200 e. The van der Waals surface area contributed by atoms with Crippen molar-refractivity contribution in [3.05, 3.63) is 0 Å². The van der Waals surface area contributed by atoms with Crippen molar-refractivity contribution in [3.63, 3.8) is 0 Å². The summed E-state index contributed by atoms with van der Waals surface area (Å²) in [5, 5.41) is 0. The Balaban J connectivity index is 2.06. The number of alkyl halides is 4. The van der Waals surface area contributed by atoms with Crippen molar-refractivity contribution in [3.8, 4) is 0 Å². The van der Waals surface area contributed by atoms with Crippen LogP contribution < -0.4 is 0 Å². The Kier molecular flexibility index (Phi) is 4.66. The van der Waals surface area contributed by atoms with E-state index >= 15 is 0 Å². The lowest BCUT2D eigenvalue weighted by Crippen LogP contribution is -2.53. The van der Waals surface area contributed by atoms with Crippen LogP contribution in [0.2, 0.25) is 0 Å². The van der Waals surface area contributed by atoms with Gasteiger partial charge in [0.2, 0.25) is 0 Å². The molecule has 0 aromatic carbocycles. The van der Waals surface area contributed by atoms with E-state index in [0.29, 0.717) is 31.6 Å². The van der Waals surface area contributed by atoms with Crippen LogP contribution in [0, 0.1) is 23.2 Å². The van der Waals surface area contributed by atoms with Gasteiger partial charge in [-0.3, -0.25) is 0 Å². The lowest BCUT2D eigenvalue weighted by atomic mass is 9.68. The molecule has 0 aromatic heterocycles. The van der Waals surface area contributed by atoms with E-state index in [0.717, 1.165) is 0 Å². The Hall–Kier alpha value is -0.280. The largest absolute Gasteiger partial charge is 0.313 e. The molecule has 2 aliphatic rings. The Labute approximate surface area is 125 Å². The molecule has 0 aliphatic heterocycles. The van der Waals surface area contributed by atoms with Gasteiger partial charge in [0.25, 0.3) is 0 Å². The average Bonchev–Trinajstić information content (AvgIpc) is 2.38. The summed E-state index contributed by atoms with van der Waals surface area (Å²) in [5.74, 6) is -9.60. The van der Waals surface area contributed by atoms with E-state index < -0.39 is 23.7 Å². The summed E-state index contributed by atoms with van der Waals surface area (Å²) in [4.78, 5) is 0. The fraction of sp³-hybridized carbons (Fsp3) is 1.00. The van der Waals surface area contributed by atoms with Crippen LogP contribution >= 0.6 is 0 Å². The van der Waals surface area contributed by atoms with Gasteiger partial charge < -0.3 is 0 Å². The maximum atomic E-state index is 14.5. The van der Waals surface area contributed by atoms with E-state index in [4.69, 9.17) is 0 Å². The second-order valence-corrected chi connectivity index (χ2v) is 8.14. The minimum absolute atomic E-state index is 0.0160. The summed E-state index contributed by atoms with van der Waals surface area (Å²) in [6.45, 7) is 6.07. The van der Waals surface area contributed by atoms with E-state index in [1.807, 2.05) is 20.8 Å². The third-order valence-corrected chi connectivity index (χ3v) is 5.82. The maximum absolute atomic E-state index is 14.5. The molecule has 2 saturated carbocycles. The molecule has 2 fully saturated rings. The molecule has 0 heterocycles. The number of hydrogen-bond donors (Lipinski definition) is 0. The first-order chi connectivity index (χ1) is 9.56. The molecule has 0 nitrogen and oxygen atoms in total. The Morgan fingerprint density at radius 3 is 1.52 bits per heavy atom. The molecule has 0 spiro atoms. The van der Waals surface area contributed by atoms with Crippen molar-refractivity contribution < 1.29 is 17.6 Å². The molecule has 2 aliphatic carbocycles. The molecule has 0 saturated heterocycles. The fourth-order valence-electron chi connectivity index (χ4n) is 3.93. The van der Waals surface area contributed by atoms with Gasteiger partial charge in [-0.05, 0) is 49.9 Å². The van der Waals surface area contributed by atoms with Gasteiger partial charge in [-0.1, -0.05) is 33.6 Å². The van der Waals surface area contributed by atoms with Crippen LogP contribution in [0.15, 0.2) is 0 Å². The summed E-state index contributed by atoms with van der Waals surface area (Å²) in [6.07, 6.45) is 3.44. The molecule has 0 N–H and O–H groups in total. The van der Waals surface area contributed by atoms with Gasteiger partial charge in [-0.15, -0.1) is 0 Å². The van der Waals surface area contributed by atoms with Crippen LogP contribution in [0.1, 0.15) is 72.1 Å². The smallest absolute Gasteiger partial charge is 0.200 e. The SMILES string of the molecule is CC1CCC(C(F)(F)C(F)(F)C2CCC(C)(C)CC2)CC1. The van der Waals surface area contributed by atoms with E-state index in [1.54, 1.807) is 0 Å². The molecule has 0 radical (unpaired) electrons. The van der Waals surface area contributed by atoms with Gasteiger partial charge in [0.1, 0.15) is 0 Å². The van der Waals surface area contributed by atoms with Crippen molar-refractivity contribution >= 4 is 0 Å². The Morgan fingerprint density at radius 2 is 1.10 bits per heavy atom. The quantitative estimate of drug-likeness (QED) is 0.537. The van der Waals surface area contributed by atoms with Crippen LogP contribution in [0.25, 0.3) is 0 Å². The molecule has 2 rings (SSSR count). The molecular formula is C17H28F4. The highest BCUT2D eigenvalue weighted by molar-refractivity contribution is 4.98. The summed E-state index contributed by atoms with van der Waals surface area (Å²) in [7, 11) is 0. The van der Waals surface area contributed by atoms with Crippen LogP contribution in [-0.4, -0.2) is 11.8 Å². The van der Waals surface area contributed by atoms with Gasteiger partial charge in [-0.25, -0.2) is 0 Å². The molecule has 21 heavy (non-hydrogen) atoms. The topological polar surface area (TPSA) is 0 Å². The molecule has 0 atom stereocenters. The first kappa shape index (κ1) is 17.1. The molecule has 0 amide bonds. The zero-order valence-corrected chi connectivity index (χ0v) is 13.4. The van der Waals surface area contributed by atoms with Crippen molar-refractivity contribution in [1.82, 2.24) is 0 Å². The maximum Gasteiger partial charge on any atom is 0.313 e. The van der Waals surface area contributed by atoms with Gasteiger partial charge in [0.15, 0.2) is 0 Å². The minimum atomic E-state index is -3.85. The summed E-state index contributed by atoms with van der Waals surface area (Å²) < 4.78 is 57.8. The van der Waals surface area contributed by atoms with Gasteiger partial charge in [0, 0.05) is 11.8 Å². The molecule has 4 heteroatoms. The van der Waals surface area contributed by atoms with Crippen molar-refractivity contribution in [2.75, 3.05) is 0 Å². The normalized spacial score (nSPS) is 32.1. The molecule has 124 valence electrons. The van der Waals surface area contributed by atoms with Gasteiger partial charge >= 0.3 is 11.8 Å². The number of halogens is 4. The third-order valence-electron chi connectivity index (χ3n) is 5.82. The average molecular weight is 308 g/mol. The Bertz CT molecular complexity index is 344. The summed E-state index contributed by atoms with van der Waals surface area (Å²) >= 11 is 0. The number of hydrogen-bond acceptors (Lipinski definition) is 0. The lowest BCUT2D eigenvalue weighted by Gasteiger charge is -2.43. The first-order valence-corrected chi connectivity index (χ1v) is 8.32. The summed E-state index contributed by atoms with van der Waals surface area (Å²) in [5.41, 5.74) is 0.0160. The predicted octanol–water partition coefficient (Wildman–Crippen LogP) is 6.30. The van der Waals surface area contributed by atoms with Crippen LogP contribution in [0.3, 0.4) is 0 Å². The van der Waals surface area contributed by atoms with Crippen LogP contribution in [0.4, 0.5) is 17.6 Å². The van der Waals surface area contributed by atoms with Crippen molar-refractivity contribution in [1.29, 1.82) is 0 Å². The highest BCUT2D eigenvalue weighted by atomic mass is 19.3. The zero-order valence-electron chi connectivity index (χ0n) is 13.4. The first-order valence-electron chi connectivity index (χ1n) is 8.32. The van der Waals surface area contributed by atoms with Gasteiger partial charge in [0.05, 0.1) is 0 Å². The van der Waals surface area contributed by atoms with Crippen LogP contribution in [-0.2, 0) is 0 Å². The third kappa shape index (κ3) is 3.39. The summed E-state index contributed by atoms with van der Waals surface area (Å²) in [6, 6.07) is 0. The zero-order chi connectivity index (χ0) is 15.9. The molecule has 0 aromatic rings. The van der Waals surface area contributed by atoms with E-state index in [1.165, 1.54) is 0 Å². The molecule has 0 bridgehead atoms. The number of rotatable bonds is 3. The highest BCUT2D eigenvalue weighted by Gasteiger charge is 2.64. The molecular weight excluding hydrogens is 280 g/mol. The second kappa shape index (κ2) is 5.73. The van der Waals surface area contributed by atoms with Crippen LogP contribution in [0.5, 0.6) is 0 Å². The van der Waals surface area contributed by atoms with E-state index in [9.17, 15) is 17.6 Å². The van der Waals surface area contributed by atoms with E-state index in [-0.39, 0.29) is 31.1 Å². The standard InChI is InChI=1S/C17H28F4/c1-12-4-6-13(7-5-12)16(18,19)17(20,21)14-8-10-15(2,3)11-9-14/h12-14H,4-11H2,1-3H3. The molecule has 0 unspecified atom stereocenters. The lowest BCUT2D eigenvalue weighted by molar-refractivity contribution is -0.270.